The maximum atomic E-state index is 6.02. The molecule has 1 aliphatic carbocycles. The topological polar surface area (TPSA) is 29.0 Å². The van der Waals surface area contributed by atoms with Crippen LogP contribution in [0.3, 0.4) is 0 Å². The van der Waals surface area contributed by atoms with E-state index < -0.39 is 0 Å². The van der Waals surface area contributed by atoms with Crippen LogP contribution in [0.5, 0.6) is 0 Å². The highest BCUT2D eigenvalue weighted by Crippen LogP contribution is 2.33. The lowest BCUT2D eigenvalue weighted by atomic mass is 9.84. The van der Waals surface area contributed by atoms with Crippen molar-refractivity contribution in [2.45, 2.75) is 18.2 Å². The molecule has 0 unspecified atom stereocenters. The molecule has 0 radical (unpaired) electrons. The molecule has 1 aromatic heterocycles. The molecule has 3 rings (SSSR count). The normalized spacial score (nSPS) is 22.8. The van der Waals surface area contributed by atoms with E-state index in [1.165, 1.54) is 0 Å². The Bertz CT molecular complexity index is 546. The molecular weight excluding hydrogens is 246 g/mol. The smallest absolute Gasteiger partial charge is 0.158 e. The van der Waals surface area contributed by atoms with E-state index in [9.17, 15) is 0 Å². The molecule has 0 N–H and O–H groups in total. The van der Waals surface area contributed by atoms with E-state index in [-0.39, 0.29) is 0 Å². The van der Waals surface area contributed by atoms with E-state index in [2.05, 4.69) is 34.3 Å². The minimum Gasteiger partial charge on any atom is -0.357 e. The first-order valence-corrected chi connectivity index (χ1v) is 6.73. The van der Waals surface area contributed by atoms with Crippen molar-refractivity contribution in [1.29, 1.82) is 0 Å². The SMILES string of the molecule is CN(CC1CC(Cl)C1)c1nncc2ccccc12. The zero-order valence-corrected chi connectivity index (χ0v) is 11.1. The van der Waals surface area contributed by atoms with Gasteiger partial charge in [0.15, 0.2) is 5.82 Å². The maximum absolute atomic E-state index is 6.02. The summed E-state index contributed by atoms with van der Waals surface area (Å²) in [5, 5.41) is 11.0. The van der Waals surface area contributed by atoms with Gasteiger partial charge in [-0.3, -0.25) is 0 Å². The van der Waals surface area contributed by atoms with Crippen LogP contribution in [0.15, 0.2) is 30.5 Å². The number of fused-ring (bicyclic) bond motifs is 1. The van der Waals surface area contributed by atoms with E-state index in [0.717, 1.165) is 36.0 Å². The van der Waals surface area contributed by atoms with Crippen molar-refractivity contribution in [1.82, 2.24) is 10.2 Å². The van der Waals surface area contributed by atoms with Crippen molar-refractivity contribution in [2.75, 3.05) is 18.5 Å². The summed E-state index contributed by atoms with van der Waals surface area (Å²) < 4.78 is 0. The number of hydrogen-bond donors (Lipinski definition) is 0. The zero-order chi connectivity index (χ0) is 12.5. The standard InChI is InChI=1S/C14H16ClN3/c1-18(9-10-6-12(15)7-10)14-13-5-3-2-4-11(13)8-16-17-14/h2-5,8,10,12H,6-7,9H2,1H3. The molecule has 0 spiro atoms. The van der Waals surface area contributed by atoms with Crippen molar-refractivity contribution in [2.24, 2.45) is 5.92 Å². The average Bonchev–Trinajstić information content (AvgIpc) is 2.36. The minimum absolute atomic E-state index is 0.377. The first-order chi connectivity index (χ1) is 8.74. The summed E-state index contributed by atoms with van der Waals surface area (Å²) in [5.74, 6) is 1.66. The Morgan fingerprint density at radius 3 is 2.89 bits per heavy atom. The molecule has 94 valence electrons. The van der Waals surface area contributed by atoms with E-state index >= 15 is 0 Å². The van der Waals surface area contributed by atoms with Gasteiger partial charge < -0.3 is 4.90 Å². The predicted molar refractivity (Wildman–Crippen MR) is 75.2 cm³/mol. The van der Waals surface area contributed by atoms with Crippen molar-refractivity contribution in [3.8, 4) is 0 Å². The van der Waals surface area contributed by atoms with Crippen LogP contribution in [0.25, 0.3) is 10.8 Å². The van der Waals surface area contributed by atoms with Gasteiger partial charge in [0, 0.05) is 29.7 Å². The summed E-state index contributed by atoms with van der Waals surface area (Å²) in [6.45, 7) is 1.01. The van der Waals surface area contributed by atoms with Crippen LogP contribution >= 0.6 is 11.6 Å². The molecule has 18 heavy (non-hydrogen) atoms. The van der Waals surface area contributed by atoms with Gasteiger partial charge in [0.2, 0.25) is 0 Å². The van der Waals surface area contributed by atoms with Crippen molar-refractivity contribution in [3.63, 3.8) is 0 Å². The van der Waals surface area contributed by atoms with Crippen LogP contribution in [0.2, 0.25) is 0 Å². The fourth-order valence-corrected chi connectivity index (χ4v) is 3.08. The second-order valence-corrected chi connectivity index (χ2v) is 5.69. The molecular formula is C14H16ClN3. The number of benzene rings is 1. The Hall–Kier alpha value is -1.35. The average molecular weight is 262 g/mol. The third-order valence-electron chi connectivity index (χ3n) is 3.62. The van der Waals surface area contributed by atoms with Gasteiger partial charge in [-0.25, -0.2) is 0 Å². The molecule has 1 heterocycles. The molecule has 0 bridgehead atoms. The summed E-state index contributed by atoms with van der Waals surface area (Å²) in [5.41, 5.74) is 0. The van der Waals surface area contributed by atoms with Gasteiger partial charge in [-0.15, -0.1) is 16.7 Å². The zero-order valence-electron chi connectivity index (χ0n) is 10.4. The van der Waals surface area contributed by atoms with Crippen LogP contribution in [-0.4, -0.2) is 29.2 Å². The summed E-state index contributed by atoms with van der Waals surface area (Å²) in [4.78, 5) is 2.20. The van der Waals surface area contributed by atoms with Crippen molar-refractivity contribution >= 4 is 28.2 Å². The molecule has 0 aliphatic heterocycles. The summed E-state index contributed by atoms with van der Waals surface area (Å²) in [6.07, 6.45) is 4.04. The fraction of sp³-hybridized carbons (Fsp3) is 0.429. The van der Waals surface area contributed by atoms with Crippen molar-refractivity contribution < 1.29 is 0 Å². The van der Waals surface area contributed by atoms with Crippen molar-refractivity contribution in [3.05, 3.63) is 30.5 Å². The Morgan fingerprint density at radius 2 is 2.11 bits per heavy atom. The number of aromatic nitrogens is 2. The van der Waals surface area contributed by atoms with Gasteiger partial charge in [0.05, 0.1) is 6.20 Å². The van der Waals surface area contributed by atoms with E-state index in [1.54, 1.807) is 0 Å². The monoisotopic (exact) mass is 261 g/mol. The Morgan fingerprint density at radius 1 is 1.33 bits per heavy atom. The molecule has 2 aromatic rings. The second kappa shape index (κ2) is 4.73. The molecule has 0 saturated heterocycles. The molecule has 3 nitrogen and oxygen atoms in total. The second-order valence-electron chi connectivity index (χ2n) is 5.07. The third kappa shape index (κ3) is 2.15. The molecule has 1 aliphatic rings. The Balaban J connectivity index is 1.84. The summed E-state index contributed by atoms with van der Waals surface area (Å²) in [6, 6.07) is 8.23. The lowest BCUT2D eigenvalue weighted by Gasteiger charge is -2.34. The number of anilines is 1. The molecule has 1 aromatic carbocycles. The van der Waals surface area contributed by atoms with Crippen LogP contribution in [0.4, 0.5) is 5.82 Å². The minimum atomic E-state index is 0.377. The van der Waals surface area contributed by atoms with Crippen LogP contribution in [-0.2, 0) is 0 Å². The number of alkyl halides is 1. The lowest BCUT2D eigenvalue weighted by Crippen LogP contribution is -2.35. The molecule has 0 atom stereocenters. The van der Waals surface area contributed by atoms with Gasteiger partial charge in [-0.2, -0.15) is 5.10 Å². The van der Waals surface area contributed by atoms with Gasteiger partial charge in [-0.1, -0.05) is 24.3 Å². The first kappa shape index (κ1) is 11.7. The molecule has 1 fully saturated rings. The third-order valence-corrected chi connectivity index (χ3v) is 3.98. The van der Waals surface area contributed by atoms with E-state index in [0.29, 0.717) is 11.3 Å². The number of hydrogen-bond acceptors (Lipinski definition) is 3. The lowest BCUT2D eigenvalue weighted by molar-refractivity contribution is 0.328. The first-order valence-electron chi connectivity index (χ1n) is 6.29. The highest BCUT2D eigenvalue weighted by atomic mass is 35.5. The highest BCUT2D eigenvalue weighted by molar-refractivity contribution is 6.21. The van der Waals surface area contributed by atoms with Crippen LogP contribution < -0.4 is 4.90 Å². The largest absolute Gasteiger partial charge is 0.357 e. The molecule has 1 saturated carbocycles. The van der Waals surface area contributed by atoms with E-state index in [1.807, 2.05) is 18.3 Å². The van der Waals surface area contributed by atoms with Crippen LogP contribution in [0.1, 0.15) is 12.8 Å². The molecule has 0 amide bonds. The number of rotatable bonds is 3. The summed E-state index contributed by atoms with van der Waals surface area (Å²) in [7, 11) is 2.08. The number of halogens is 1. The quantitative estimate of drug-likeness (QED) is 0.795. The van der Waals surface area contributed by atoms with E-state index in [4.69, 9.17) is 11.6 Å². The van der Waals surface area contributed by atoms with Gasteiger partial charge in [-0.05, 0) is 18.8 Å². The van der Waals surface area contributed by atoms with Crippen LogP contribution in [0, 0.1) is 5.92 Å². The molecule has 4 heteroatoms. The maximum Gasteiger partial charge on any atom is 0.158 e. The summed E-state index contributed by atoms with van der Waals surface area (Å²) >= 11 is 6.02. The Kier molecular flexibility index (Phi) is 3.08. The van der Waals surface area contributed by atoms with Gasteiger partial charge in [0.1, 0.15) is 0 Å². The predicted octanol–water partition coefficient (Wildman–Crippen LogP) is 3.08. The van der Waals surface area contributed by atoms with Gasteiger partial charge in [0.25, 0.3) is 0 Å². The number of nitrogens with zero attached hydrogens (tertiary/aromatic N) is 3. The Labute approximate surface area is 112 Å². The highest BCUT2D eigenvalue weighted by Gasteiger charge is 2.28. The van der Waals surface area contributed by atoms with Gasteiger partial charge >= 0.3 is 0 Å². The fourth-order valence-electron chi connectivity index (χ4n) is 2.57.